The number of carbonyl (C=O) groups excluding carboxylic acids is 2. The van der Waals surface area contributed by atoms with Gasteiger partial charge in [0.05, 0.1) is 33.8 Å². The van der Waals surface area contributed by atoms with E-state index in [1.807, 2.05) is 61.6 Å². The van der Waals surface area contributed by atoms with Crippen LogP contribution in [0.25, 0.3) is 11.1 Å². The number of anilines is 1. The zero-order chi connectivity index (χ0) is 31.8. The summed E-state index contributed by atoms with van der Waals surface area (Å²) in [5.74, 6) is 0.137. The van der Waals surface area contributed by atoms with Crippen molar-refractivity contribution >= 4 is 28.9 Å². The quantitative estimate of drug-likeness (QED) is 0.240. The number of imide groups is 1. The number of amides is 2. The number of aromatic amines is 1. The van der Waals surface area contributed by atoms with Crippen molar-refractivity contribution in [1.29, 1.82) is 0 Å². The number of aliphatic hydroxyl groups is 1. The zero-order valence-corrected chi connectivity index (χ0v) is 25.5. The number of likely N-dealkylation sites (tertiary alicyclic amines) is 1. The Morgan fingerprint density at radius 2 is 1.67 bits per heavy atom. The molecule has 10 heteroatoms. The van der Waals surface area contributed by atoms with E-state index in [2.05, 4.69) is 15.2 Å². The highest BCUT2D eigenvalue weighted by Gasteiger charge is 2.42. The summed E-state index contributed by atoms with van der Waals surface area (Å²) >= 11 is 0. The van der Waals surface area contributed by atoms with Gasteiger partial charge in [0.15, 0.2) is 0 Å². The number of piperidine rings is 1. The number of benzene rings is 3. The fraction of sp³-hybridized carbons (Fsp3) is 0.278. The second-order valence-corrected chi connectivity index (χ2v) is 12.1. The molecule has 0 saturated carbocycles. The molecule has 3 aliphatic rings. The molecule has 0 radical (unpaired) electrons. The summed E-state index contributed by atoms with van der Waals surface area (Å²) in [7, 11) is 2.04. The van der Waals surface area contributed by atoms with Crippen LogP contribution in [0.15, 0.2) is 88.8 Å². The average molecular weight is 618 g/mol. The Morgan fingerprint density at radius 1 is 0.957 bits per heavy atom. The van der Waals surface area contributed by atoms with E-state index in [4.69, 9.17) is 9.73 Å². The van der Waals surface area contributed by atoms with Gasteiger partial charge in [-0.25, -0.2) is 0 Å². The molecule has 3 aliphatic heterocycles. The molecule has 234 valence electrons. The molecule has 1 saturated heterocycles. The van der Waals surface area contributed by atoms with Crippen molar-refractivity contribution in [3.8, 4) is 16.9 Å². The fourth-order valence-electron chi connectivity index (χ4n) is 6.51. The Labute approximate surface area is 266 Å². The van der Waals surface area contributed by atoms with E-state index in [-0.39, 0.29) is 36.6 Å². The maximum absolute atomic E-state index is 13.4. The van der Waals surface area contributed by atoms with Crippen molar-refractivity contribution in [2.45, 2.75) is 31.4 Å². The largest absolute Gasteiger partial charge is 0.490 e. The number of para-hydroxylation sites is 1. The lowest BCUT2D eigenvalue weighted by molar-refractivity contribution is 0.0516. The molecule has 1 fully saturated rings. The summed E-state index contributed by atoms with van der Waals surface area (Å²) in [4.78, 5) is 50.9. The lowest BCUT2D eigenvalue weighted by Crippen LogP contribution is -2.46. The summed E-state index contributed by atoms with van der Waals surface area (Å²) in [6.07, 6.45) is 2.53. The van der Waals surface area contributed by atoms with Crippen LogP contribution in [0.5, 0.6) is 5.75 Å². The third-order valence-corrected chi connectivity index (χ3v) is 8.96. The molecule has 4 aromatic rings. The fourth-order valence-corrected chi connectivity index (χ4v) is 6.51. The first-order valence-electron chi connectivity index (χ1n) is 15.6. The summed E-state index contributed by atoms with van der Waals surface area (Å²) in [6.45, 7) is 1.87. The van der Waals surface area contributed by atoms with Crippen LogP contribution in [0.2, 0.25) is 0 Å². The van der Waals surface area contributed by atoms with E-state index in [1.165, 1.54) is 4.90 Å². The first kappa shape index (κ1) is 29.6. The van der Waals surface area contributed by atoms with Gasteiger partial charge in [-0.3, -0.25) is 24.3 Å². The molecule has 46 heavy (non-hydrogen) atoms. The van der Waals surface area contributed by atoms with Gasteiger partial charge in [-0.05, 0) is 68.4 Å². The minimum atomic E-state index is -0.869. The molecule has 3 N–H and O–H groups in total. The first-order chi connectivity index (χ1) is 22.4. The van der Waals surface area contributed by atoms with Gasteiger partial charge in [-0.1, -0.05) is 48.5 Å². The van der Waals surface area contributed by atoms with Gasteiger partial charge < -0.3 is 25.0 Å². The number of pyridine rings is 1. The van der Waals surface area contributed by atoms with E-state index in [1.54, 1.807) is 24.4 Å². The summed E-state index contributed by atoms with van der Waals surface area (Å²) < 4.78 is 6.00. The number of nitrogens with one attached hydrogen (secondary N) is 2. The second kappa shape index (κ2) is 12.4. The van der Waals surface area contributed by atoms with Gasteiger partial charge in [0.1, 0.15) is 18.5 Å². The molecule has 1 atom stereocenters. The highest BCUT2D eigenvalue weighted by atomic mass is 16.5. The molecule has 10 nitrogen and oxygen atoms in total. The lowest BCUT2D eigenvalue weighted by atomic mass is 10.00. The molecule has 3 aromatic carbocycles. The maximum Gasteiger partial charge on any atom is 0.261 e. The van der Waals surface area contributed by atoms with Gasteiger partial charge in [0.2, 0.25) is 0 Å². The number of fused-ring (bicyclic) bond motifs is 2. The topological polar surface area (TPSA) is 127 Å². The number of carbonyl (C=O) groups is 2. The van der Waals surface area contributed by atoms with Crippen molar-refractivity contribution in [3.63, 3.8) is 0 Å². The van der Waals surface area contributed by atoms with Crippen molar-refractivity contribution in [2.24, 2.45) is 4.99 Å². The molecule has 2 amide bonds. The Balaban J connectivity index is 1.05. The van der Waals surface area contributed by atoms with Gasteiger partial charge in [-0.15, -0.1) is 0 Å². The highest BCUT2D eigenvalue weighted by molar-refractivity contribution is 6.22. The molecule has 0 bridgehead atoms. The number of hydrogen-bond donors (Lipinski definition) is 3. The van der Waals surface area contributed by atoms with Crippen LogP contribution in [0.4, 0.5) is 11.4 Å². The minimum Gasteiger partial charge on any atom is -0.490 e. The number of ether oxygens (including phenoxy) is 1. The predicted molar refractivity (Wildman–Crippen MR) is 176 cm³/mol. The third-order valence-electron chi connectivity index (χ3n) is 8.96. The number of aliphatic hydroxyl groups excluding tert-OH is 1. The van der Waals surface area contributed by atoms with Crippen LogP contribution in [-0.4, -0.2) is 82.9 Å². The predicted octanol–water partition coefficient (Wildman–Crippen LogP) is 4.26. The maximum atomic E-state index is 13.4. The van der Waals surface area contributed by atoms with Crippen molar-refractivity contribution < 1.29 is 19.4 Å². The van der Waals surface area contributed by atoms with Crippen molar-refractivity contribution in [2.75, 3.05) is 38.6 Å². The minimum absolute atomic E-state index is 0.0456. The van der Waals surface area contributed by atoms with Crippen LogP contribution < -0.4 is 15.6 Å². The number of hydrogen-bond acceptors (Lipinski definition) is 8. The number of nitrogens with zero attached hydrogens (tertiary/aromatic N) is 3. The van der Waals surface area contributed by atoms with Gasteiger partial charge in [0.25, 0.3) is 17.4 Å². The SMILES string of the molecule is CN1CCC(N2C(=O)c3cc4c(cc3C2=O)N=C(c2c(NCC(O)COc3ccccc3-c3ccccc3)cc[nH]c2=O)C4)CC1. The molecule has 7 rings (SSSR count). The molecule has 0 aliphatic carbocycles. The van der Waals surface area contributed by atoms with E-state index < -0.39 is 6.10 Å². The summed E-state index contributed by atoms with van der Waals surface area (Å²) in [5, 5.41) is 14.0. The molecule has 0 spiro atoms. The molecule has 4 heterocycles. The zero-order valence-electron chi connectivity index (χ0n) is 25.5. The van der Waals surface area contributed by atoms with Gasteiger partial charge >= 0.3 is 0 Å². The first-order valence-corrected chi connectivity index (χ1v) is 15.6. The Morgan fingerprint density at radius 3 is 2.46 bits per heavy atom. The normalized spacial score (nSPS) is 17.1. The Bertz CT molecular complexity index is 1890. The van der Waals surface area contributed by atoms with Crippen LogP contribution in [-0.2, 0) is 6.42 Å². The van der Waals surface area contributed by atoms with Crippen molar-refractivity contribution in [3.05, 3.63) is 112 Å². The lowest BCUT2D eigenvalue weighted by Gasteiger charge is -2.33. The smallest absolute Gasteiger partial charge is 0.261 e. The van der Waals surface area contributed by atoms with Crippen LogP contribution >= 0.6 is 0 Å². The number of H-pyrrole nitrogens is 1. The summed E-state index contributed by atoms with van der Waals surface area (Å²) in [6, 6.07) is 22.7. The molecular weight excluding hydrogens is 582 g/mol. The standard InChI is InChI=1S/C36H35N5O5/c1-40-15-12-24(13-16-40)41-35(44)27-17-23-18-31(39-30(23)19-28(27)36(41)45)33-29(11-14-37-34(33)43)38-20-25(42)21-46-32-10-6-5-9-26(32)22-7-3-2-4-8-22/h2-11,14,17,19,24-25,42H,12-13,15-16,18,20-21H2,1H3,(H2,37,38,43). The van der Waals surface area contributed by atoms with Crippen molar-refractivity contribution in [1.82, 2.24) is 14.8 Å². The molecule has 1 aromatic heterocycles. The molecular formula is C36H35N5O5. The van der Waals surface area contributed by atoms with E-state index >= 15 is 0 Å². The summed E-state index contributed by atoms with van der Waals surface area (Å²) in [5.41, 5.74) is 5.17. The number of aromatic nitrogens is 1. The van der Waals surface area contributed by atoms with Gasteiger partial charge in [-0.2, -0.15) is 0 Å². The van der Waals surface area contributed by atoms with Crippen LogP contribution in [0.1, 0.15) is 44.7 Å². The Kier molecular flexibility index (Phi) is 7.98. The number of aliphatic imine (C=N–C) groups is 1. The number of rotatable bonds is 9. The monoisotopic (exact) mass is 617 g/mol. The second-order valence-electron chi connectivity index (χ2n) is 12.1. The third kappa shape index (κ3) is 5.61. The molecule has 1 unspecified atom stereocenters. The average Bonchev–Trinajstić information content (AvgIpc) is 3.59. The van der Waals surface area contributed by atoms with Crippen LogP contribution in [0.3, 0.4) is 0 Å². The van der Waals surface area contributed by atoms with E-state index in [0.717, 1.165) is 42.6 Å². The van der Waals surface area contributed by atoms with Crippen LogP contribution in [0, 0.1) is 0 Å². The van der Waals surface area contributed by atoms with E-state index in [9.17, 15) is 19.5 Å². The Hall–Kier alpha value is -5.06. The van der Waals surface area contributed by atoms with Gasteiger partial charge in [0, 0.05) is 30.8 Å². The van der Waals surface area contributed by atoms with E-state index in [0.29, 0.717) is 45.9 Å². The highest BCUT2D eigenvalue weighted by Crippen LogP contribution is 2.37.